The largest absolute Gasteiger partial charge is 0.491 e. The molecule has 6 nitrogen and oxygen atoms in total. The van der Waals surface area contributed by atoms with Crippen molar-refractivity contribution in [3.8, 4) is 16.9 Å². The molecule has 0 aliphatic carbocycles. The fourth-order valence-corrected chi connectivity index (χ4v) is 3.04. The third kappa shape index (κ3) is 4.70. The van der Waals surface area contributed by atoms with Gasteiger partial charge in [0.05, 0.1) is 37.5 Å². The summed E-state index contributed by atoms with van der Waals surface area (Å²) >= 11 is 0. The lowest BCUT2D eigenvalue weighted by molar-refractivity contribution is 0.0325. The summed E-state index contributed by atoms with van der Waals surface area (Å²) in [5.41, 5.74) is 4.01. The van der Waals surface area contributed by atoms with Crippen LogP contribution in [0.2, 0.25) is 0 Å². The van der Waals surface area contributed by atoms with Crippen LogP contribution in [0.15, 0.2) is 60.9 Å². The van der Waals surface area contributed by atoms with E-state index in [1.807, 2.05) is 65.3 Å². The van der Waals surface area contributed by atoms with Crippen LogP contribution in [0.3, 0.4) is 0 Å². The van der Waals surface area contributed by atoms with Gasteiger partial charge < -0.3 is 14.2 Å². The highest BCUT2D eigenvalue weighted by molar-refractivity contribution is 5.80. The Balaban J connectivity index is 1.35. The van der Waals surface area contributed by atoms with Gasteiger partial charge in [0, 0.05) is 18.0 Å². The molecule has 0 radical (unpaired) electrons. The first-order valence-corrected chi connectivity index (χ1v) is 9.53. The van der Waals surface area contributed by atoms with Crippen LogP contribution in [-0.2, 0) is 9.47 Å². The lowest BCUT2D eigenvalue weighted by Gasteiger charge is -2.08. The molecule has 0 aliphatic rings. The number of aromatic nitrogens is 3. The Morgan fingerprint density at radius 1 is 0.828 bits per heavy atom. The summed E-state index contributed by atoms with van der Waals surface area (Å²) in [6, 6.07) is 15.8. The van der Waals surface area contributed by atoms with Crippen molar-refractivity contribution in [1.82, 2.24) is 14.4 Å². The molecule has 2 aromatic heterocycles. The molecule has 0 spiro atoms. The zero-order chi connectivity index (χ0) is 19.9. The van der Waals surface area contributed by atoms with Crippen molar-refractivity contribution < 1.29 is 18.6 Å². The van der Waals surface area contributed by atoms with Gasteiger partial charge in [-0.25, -0.2) is 14.4 Å². The quantitative estimate of drug-likeness (QED) is 0.381. The van der Waals surface area contributed by atoms with Gasteiger partial charge in [-0.3, -0.25) is 4.40 Å². The van der Waals surface area contributed by atoms with Crippen LogP contribution in [0.25, 0.3) is 27.9 Å². The highest BCUT2D eigenvalue weighted by atomic mass is 19.1. The van der Waals surface area contributed by atoms with Crippen LogP contribution >= 0.6 is 0 Å². The van der Waals surface area contributed by atoms with Gasteiger partial charge >= 0.3 is 0 Å². The molecule has 0 bridgehead atoms. The number of para-hydroxylation sites is 2. The number of rotatable bonds is 10. The molecule has 2 aromatic carbocycles. The Morgan fingerprint density at radius 3 is 2.41 bits per heavy atom. The first kappa shape index (κ1) is 19.3. The van der Waals surface area contributed by atoms with E-state index in [4.69, 9.17) is 14.2 Å². The zero-order valence-corrected chi connectivity index (χ0v) is 16.0. The van der Waals surface area contributed by atoms with Crippen molar-refractivity contribution in [2.24, 2.45) is 0 Å². The normalized spacial score (nSPS) is 11.3. The highest BCUT2D eigenvalue weighted by Crippen LogP contribution is 2.24. The number of nitrogens with zero attached hydrogens (tertiary/aromatic N) is 3. The van der Waals surface area contributed by atoms with Crippen LogP contribution in [-0.4, -0.2) is 54.1 Å². The molecule has 0 fully saturated rings. The van der Waals surface area contributed by atoms with Crippen molar-refractivity contribution in [2.75, 3.05) is 39.7 Å². The van der Waals surface area contributed by atoms with Crippen LogP contribution in [0.1, 0.15) is 0 Å². The summed E-state index contributed by atoms with van der Waals surface area (Å²) in [5, 5.41) is 0. The van der Waals surface area contributed by atoms with E-state index >= 15 is 0 Å². The van der Waals surface area contributed by atoms with E-state index in [9.17, 15) is 4.39 Å². The van der Waals surface area contributed by atoms with Crippen LogP contribution in [0.5, 0.6) is 5.75 Å². The fraction of sp³-hybridized carbons (Fsp3) is 0.273. The fourth-order valence-electron chi connectivity index (χ4n) is 3.04. The molecule has 4 aromatic rings. The SMILES string of the molecule is FCCOCCOCCOc1ccc(-c2cnc3nc4ccccc4n3c2)cc1. The van der Waals surface area contributed by atoms with Crippen LogP contribution in [0, 0.1) is 0 Å². The van der Waals surface area contributed by atoms with Gasteiger partial charge in [0.1, 0.15) is 19.0 Å². The molecule has 7 heteroatoms. The van der Waals surface area contributed by atoms with Crippen molar-refractivity contribution >= 4 is 16.8 Å². The van der Waals surface area contributed by atoms with E-state index in [0.717, 1.165) is 27.9 Å². The zero-order valence-electron chi connectivity index (χ0n) is 16.0. The Bertz CT molecular complexity index is 1070. The molecule has 0 N–H and O–H groups in total. The molecule has 0 saturated carbocycles. The Labute approximate surface area is 167 Å². The summed E-state index contributed by atoms with van der Waals surface area (Å²) in [5.74, 6) is 1.46. The topological polar surface area (TPSA) is 57.9 Å². The monoisotopic (exact) mass is 395 g/mol. The molecule has 150 valence electrons. The molecule has 0 saturated heterocycles. The van der Waals surface area contributed by atoms with E-state index in [1.165, 1.54) is 0 Å². The highest BCUT2D eigenvalue weighted by Gasteiger charge is 2.07. The minimum atomic E-state index is -0.470. The van der Waals surface area contributed by atoms with Gasteiger partial charge in [-0.1, -0.05) is 24.3 Å². The molecule has 4 rings (SSSR count). The van der Waals surface area contributed by atoms with E-state index in [2.05, 4.69) is 9.97 Å². The number of hydrogen-bond donors (Lipinski definition) is 0. The number of hydrogen-bond acceptors (Lipinski definition) is 5. The summed E-state index contributed by atoms with van der Waals surface area (Å²) < 4.78 is 29.9. The molecule has 2 heterocycles. The molecule has 0 amide bonds. The van der Waals surface area contributed by atoms with Crippen molar-refractivity contribution in [3.05, 3.63) is 60.9 Å². The predicted molar refractivity (Wildman–Crippen MR) is 109 cm³/mol. The summed E-state index contributed by atoms with van der Waals surface area (Å²) in [6.45, 7) is 1.36. The second kappa shape index (κ2) is 9.45. The lowest BCUT2D eigenvalue weighted by atomic mass is 10.1. The average Bonchev–Trinajstić information content (AvgIpc) is 3.14. The third-order valence-corrected chi connectivity index (χ3v) is 4.44. The second-order valence-corrected chi connectivity index (χ2v) is 6.40. The standard InChI is InChI=1S/C22H22FN3O3/c23-9-10-27-11-12-28-13-14-29-19-7-5-17(6-8-19)18-15-24-22-25-20-3-1-2-4-21(20)26(22)16-18/h1-8,15-16H,9-14H2. The number of benzene rings is 2. The van der Waals surface area contributed by atoms with Crippen LogP contribution < -0.4 is 4.74 Å². The van der Waals surface area contributed by atoms with Gasteiger partial charge in [0.15, 0.2) is 0 Å². The second-order valence-electron chi connectivity index (χ2n) is 6.40. The van der Waals surface area contributed by atoms with Gasteiger partial charge in [-0.15, -0.1) is 0 Å². The smallest absolute Gasteiger partial charge is 0.234 e. The molecule has 0 atom stereocenters. The van der Waals surface area contributed by atoms with E-state index < -0.39 is 6.67 Å². The minimum Gasteiger partial charge on any atom is -0.491 e. The first-order valence-electron chi connectivity index (χ1n) is 9.53. The van der Waals surface area contributed by atoms with Gasteiger partial charge in [0.25, 0.3) is 0 Å². The molecule has 0 aliphatic heterocycles. The van der Waals surface area contributed by atoms with E-state index in [0.29, 0.717) is 32.2 Å². The van der Waals surface area contributed by atoms with Crippen LogP contribution in [0.4, 0.5) is 4.39 Å². The Morgan fingerprint density at radius 2 is 1.59 bits per heavy atom. The molecular weight excluding hydrogens is 373 g/mol. The van der Waals surface area contributed by atoms with Crippen molar-refractivity contribution in [1.29, 1.82) is 0 Å². The van der Waals surface area contributed by atoms with E-state index in [1.54, 1.807) is 0 Å². The predicted octanol–water partition coefficient (Wildman–Crippen LogP) is 3.93. The Hall–Kier alpha value is -3.03. The molecular formula is C22H22FN3O3. The number of alkyl halides is 1. The number of ether oxygens (including phenoxy) is 3. The summed E-state index contributed by atoms with van der Waals surface area (Å²) in [6.07, 6.45) is 3.88. The van der Waals surface area contributed by atoms with Gasteiger partial charge in [-0.05, 0) is 29.8 Å². The first-order chi connectivity index (χ1) is 14.3. The van der Waals surface area contributed by atoms with Crippen molar-refractivity contribution in [2.45, 2.75) is 0 Å². The summed E-state index contributed by atoms with van der Waals surface area (Å²) in [4.78, 5) is 9.02. The Kier molecular flexibility index (Phi) is 6.29. The van der Waals surface area contributed by atoms with Crippen molar-refractivity contribution in [3.63, 3.8) is 0 Å². The third-order valence-electron chi connectivity index (χ3n) is 4.44. The van der Waals surface area contributed by atoms with Gasteiger partial charge in [-0.2, -0.15) is 0 Å². The molecule has 29 heavy (non-hydrogen) atoms. The average molecular weight is 395 g/mol. The minimum absolute atomic E-state index is 0.117. The molecule has 0 unspecified atom stereocenters. The van der Waals surface area contributed by atoms with Gasteiger partial charge in [0.2, 0.25) is 5.78 Å². The maximum Gasteiger partial charge on any atom is 0.234 e. The number of fused-ring (bicyclic) bond motifs is 3. The lowest BCUT2D eigenvalue weighted by Crippen LogP contribution is -2.11. The number of halogens is 1. The maximum absolute atomic E-state index is 11.9. The van der Waals surface area contributed by atoms with E-state index in [-0.39, 0.29) is 6.61 Å². The number of imidazole rings is 1. The summed E-state index contributed by atoms with van der Waals surface area (Å²) in [7, 11) is 0. The maximum atomic E-state index is 11.9.